The molecule has 0 bridgehead atoms. The van der Waals surface area contributed by atoms with Crippen molar-refractivity contribution in [2.75, 3.05) is 0 Å². The summed E-state index contributed by atoms with van der Waals surface area (Å²) >= 11 is 0. The predicted molar refractivity (Wildman–Crippen MR) is 170 cm³/mol. The highest BCUT2D eigenvalue weighted by Crippen LogP contribution is 2.42. The zero-order valence-electron chi connectivity index (χ0n) is 25.9. The van der Waals surface area contributed by atoms with E-state index in [0.29, 0.717) is 11.8 Å². The molecule has 3 aliphatic rings. The first-order valence-corrected chi connectivity index (χ1v) is 17.3. The Morgan fingerprint density at radius 3 is 1.95 bits per heavy atom. The zero-order chi connectivity index (χ0) is 28.6. The molecule has 0 amide bonds. The SMILES string of the molecule is CCCCCCCC1CCC(c2ccc(C3CC=C(c4ccc(C5CCC(CC)CC5)c(F)c4)CC3)c(F)c2)CC1. The fourth-order valence-electron chi connectivity index (χ4n) is 8.27. The van der Waals surface area contributed by atoms with Gasteiger partial charge in [0.05, 0.1) is 0 Å². The van der Waals surface area contributed by atoms with Crippen LogP contribution in [0.2, 0.25) is 0 Å². The van der Waals surface area contributed by atoms with E-state index in [9.17, 15) is 0 Å². The Kier molecular flexibility index (Phi) is 11.1. The van der Waals surface area contributed by atoms with E-state index in [-0.39, 0.29) is 17.6 Å². The van der Waals surface area contributed by atoms with Crippen LogP contribution < -0.4 is 0 Å². The number of hydrogen-bond donors (Lipinski definition) is 0. The predicted octanol–water partition coefficient (Wildman–Crippen LogP) is 12.6. The molecule has 0 saturated heterocycles. The highest BCUT2D eigenvalue weighted by molar-refractivity contribution is 5.67. The van der Waals surface area contributed by atoms with E-state index in [1.54, 1.807) is 6.07 Å². The molecule has 224 valence electrons. The number of benzene rings is 2. The smallest absolute Gasteiger partial charge is 0.127 e. The molecule has 3 aliphatic carbocycles. The second-order valence-electron chi connectivity index (χ2n) is 13.8. The lowest BCUT2D eigenvalue weighted by atomic mass is 9.76. The third-order valence-electron chi connectivity index (χ3n) is 11.1. The first kappa shape index (κ1) is 30.5. The van der Waals surface area contributed by atoms with Gasteiger partial charge < -0.3 is 0 Å². The molecule has 0 nitrogen and oxygen atoms in total. The van der Waals surface area contributed by atoms with E-state index in [1.807, 2.05) is 12.1 Å². The van der Waals surface area contributed by atoms with Crippen LogP contribution in [0.15, 0.2) is 42.5 Å². The van der Waals surface area contributed by atoms with E-state index >= 15 is 8.78 Å². The Bertz CT molecular complexity index is 1130. The van der Waals surface area contributed by atoms with Crippen LogP contribution in [0.4, 0.5) is 8.78 Å². The summed E-state index contributed by atoms with van der Waals surface area (Å²) in [5, 5.41) is 0. The maximum Gasteiger partial charge on any atom is 0.127 e. The fraction of sp³-hybridized carbons (Fsp3) is 0.641. The number of unbranched alkanes of at least 4 members (excludes halogenated alkanes) is 4. The summed E-state index contributed by atoms with van der Waals surface area (Å²) in [7, 11) is 0. The van der Waals surface area contributed by atoms with Crippen molar-refractivity contribution in [1.82, 2.24) is 0 Å². The molecule has 1 atom stereocenters. The van der Waals surface area contributed by atoms with Crippen molar-refractivity contribution in [2.24, 2.45) is 11.8 Å². The molecule has 5 rings (SSSR count). The molecule has 0 aliphatic heterocycles. The van der Waals surface area contributed by atoms with Crippen LogP contribution in [-0.2, 0) is 0 Å². The second kappa shape index (κ2) is 15.0. The lowest BCUT2D eigenvalue weighted by Crippen LogP contribution is -2.14. The lowest BCUT2D eigenvalue weighted by Gasteiger charge is -2.29. The number of allylic oxidation sites excluding steroid dienone is 2. The molecule has 2 saturated carbocycles. The molecule has 0 N–H and O–H groups in total. The van der Waals surface area contributed by atoms with Gasteiger partial charge in [-0.1, -0.05) is 89.1 Å². The summed E-state index contributed by atoms with van der Waals surface area (Å²) in [6.07, 6.45) is 24.1. The standard InChI is InChI=1S/C39H54F2/c1-3-5-6-7-8-9-29-12-14-30(15-13-29)34-22-25-37(39(41)26-34)33-20-18-31(19-21-33)35-23-24-36(38(40)27-35)32-16-10-28(4-2)11-17-32/h18,22-30,32-33H,3-17,19-21H2,1-2H3. The summed E-state index contributed by atoms with van der Waals surface area (Å²) in [5.74, 6) is 2.76. The Labute approximate surface area is 249 Å². The highest BCUT2D eigenvalue weighted by Gasteiger charge is 2.26. The zero-order valence-corrected chi connectivity index (χ0v) is 25.9. The lowest BCUT2D eigenvalue weighted by molar-refractivity contribution is 0.301. The third kappa shape index (κ3) is 7.91. The summed E-state index contributed by atoms with van der Waals surface area (Å²) in [5.41, 5.74) is 5.22. The quantitative estimate of drug-likeness (QED) is 0.240. The third-order valence-corrected chi connectivity index (χ3v) is 11.1. The maximum atomic E-state index is 15.4. The van der Waals surface area contributed by atoms with Gasteiger partial charge in [-0.05, 0) is 140 Å². The van der Waals surface area contributed by atoms with Crippen molar-refractivity contribution < 1.29 is 8.78 Å². The number of rotatable bonds is 11. The highest BCUT2D eigenvalue weighted by atomic mass is 19.1. The van der Waals surface area contributed by atoms with Crippen LogP contribution in [0, 0.1) is 23.5 Å². The Balaban J connectivity index is 1.13. The summed E-state index contributed by atoms with van der Waals surface area (Å²) in [6.45, 7) is 4.55. The molecule has 2 fully saturated rings. The Morgan fingerprint density at radius 2 is 1.29 bits per heavy atom. The summed E-state index contributed by atoms with van der Waals surface area (Å²) < 4.78 is 30.6. The van der Waals surface area contributed by atoms with Gasteiger partial charge in [-0.25, -0.2) is 8.78 Å². The topological polar surface area (TPSA) is 0 Å². The molecule has 0 heterocycles. The number of hydrogen-bond acceptors (Lipinski definition) is 0. The van der Waals surface area contributed by atoms with Gasteiger partial charge >= 0.3 is 0 Å². The molecule has 2 heteroatoms. The van der Waals surface area contributed by atoms with Crippen molar-refractivity contribution >= 4 is 5.57 Å². The van der Waals surface area contributed by atoms with Crippen LogP contribution in [0.3, 0.4) is 0 Å². The van der Waals surface area contributed by atoms with E-state index in [2.05, 4.69) is 38.1 Å². The molecule has 41 heavy (non-hydrogen) atoms. The Morgan fingerprint density at radius 1 is 0.634 bits per heavy atom. The van der Waals surface area contributed by atoms with Gasteiger partial charge in [0.1, 0.15) is 11.6 Å². The van der Waals surface area contributed by atoms with Crippen LogP contribution in [0.5, 0.6) is 0 Å². The average molecular weight is 561 g/mol. The van der Waals surface area contributed by atoms with Gasteiger partial charge in [-0.2, -0.15) is 0 Å². The molecule has 0 spiro atoms. The average Bonchev–Trinajstić information content (AvgIpc) is 3.01. The van der Waals surface area contributed by atoms with Crippen molar-refractivity contribution in [3.63, 3.8) is 0 Å². The first-order chi connectivity index (χ1) is 20.1. The summed E-state index contributed by atoms with van der Waals surface area (Å²) in [6, 6.07) is 12.1. The van der Waals surface area contributed by atoms with E-state index in [4.69, 9.17) is 0 Å². The largest absolute Gasteiger partial charge is 0.207 e. The van der Waals surface area contributed by atoms with Crippen LogP contribution >= 0.6 is 0 Å². The second-order valence-corrected chi connectivity index (χ2v) is 13.8. The molecule has 0 radical (unpaired) electrons. The van der Waals surface area contributed by atoms with Crippen molar-refractivity contribution in [2.45, 2.75) is 147 Å². The minimum absolute atomic E-state index is 0.0180. The van der Waals surface area contributed by atoms with E-state index in [0.717, 1.165) is 60.6 Å². The molecule has 0 aromatic heterocycles. The van der Waals surface area contributed by atoms with Gasteiger partial charge in [0, 0.05) is 0 Å². The van der Waals surface area contributed by atoms with Crippen LogP contribution in [0.25, 0.3) is 5.57 Å². The fourth-order valence-corrected chi connectivity index (χ4v) is 8.27. The minimum Gasteiger partial charge on any atom is -0.207 e. The monoisotopic (exact) mass is 560 g/mol. The minimum atomic E-state index is -0.0342. The van der Waals surface area contributed by atoms with Crippen molar-refractivity contribution in [1.29, 1.82) is 0 Å². The van der Waals surface area contributed by atoms with Gasteiger partial charge in [-0.15, -0.1) is 0 Å². The molecule has 2 aromatic rings. The molecule has 2 aromatic carbocycles. The van der Waals surface area contributed by atoms with Gasteiger partial charge in [-0.3, -0.25) is 0 Å². The van der Waals surface area contributed by atoms with Crippen LogP contribution in [-0.4, -0.2) is 0 Å². The normalized spacial score (nSPS) is 27.0. The first-order valence-electron chi connectivity index (χ1n) is 17.3. The molecule has 1 unspecified atom stereocenters. The number of halogens is 2. The van der Waals surface area contributed by atoms with E-state index in [1.165, 1.54) is 94.6 Å². The maximum absolute atomic E-state index is 15.4. The van der Waals surface area contributed by atoms with Gasteiger partial charge in [0.15, 0.2) is 0 Å². The molecular weight excluding hydrogens is 506 g/mol. The van der Waals surface area contributed by atoms with Crippen molar-refractivity contribution in [3.05, 3.63) is 76.4 Å². The van der Waals surface area contributed by atoms with Crippen LogP contribution in [0.1, 0.15) is 169 Å². The van der Waals surface area contributed by atoms with E-state index < -0.39 is 0 Å². The summed E-state index contributed by atoms with van der Waals surface area (Å²) in [4.78, 5) is 0. The molecular formula is C39H54F2. The van der Waals surface area contributed by atoms with Gasteiger partial charge in [0.2, 0.25) is 0 Å². The van der Waals surface area contributed by atoms with Gasteiger partial charge in [0.25, 0.3) is 0 Å². The Hall–Kier alpha value is -1.96. The van der Waals surface area contributed by atoms with Crippen molar-refractivity contribution in [3.8, 4) is 0 Å².